The van der Waals surface area contributed by atoms with E-state index in [1.807, 2.05) is 0 Å². The fourth-order valence-corrected chi connectivity index (χ4v) is 16.9. The first-order valence-corrected chi connectivity index (χ1v) is 27.3. The first kappa shape index (κ1) is 42.6. The van der Waals surface area contributed by atoms with Gasteiger partial charge in [0.05, 0.1) is 24.2 Å². The summed E-state index contributed by atoms with van der Waals surface area (Å²) in [4.78, 5) is 6.23. The summed E-state index contributed by atoms with van der Waals surface area (Å²) in [5.74, 6) is 3.99. The third-order valence-corrected chi connectivity index (χ3v) is 19.4. The van der Waals surface area contributed by atoms with Crippen LogP contribution in [0.2, 0.25) is 0 Å². The van der Waals surface area contributed by atoms with E-state index in [-0.39, 0.29) is 41.1 Å². The third-order valence-electron chi connectivity index (χ3n) is 19.4. The Kier molecular flexibility index (Phi) is 11.9. The monoisotopic (exact) mass is 868 g/mol. The molecule has 9 aliphatic carbocycles. The van der Waals surface area contributed by atoms with Gasteiger partial charge in [-0.3, -0.25) is 4.99 Å². The molecule has 0 radical (unpaired) electrons. The Balaban J connectivity index is 0.999. The summed E-state index contributed by atoms with van der Waals surface area (Å²) in [6.45, 7) is 2.38. The predicted molar refractivity (Wildman–Crippen MR) is 268 cm³/mol. The molecule has 0 bridgehead atoms. The van der Waals surface area contributed by atoms with Crippen LogP contribution in [0.5, 0.6) is 0 Å². The van der Waals surface area contributed by atoms with Crippen molar-refractivity contribution in [2.24, 2.45) is 51.3 Å². The largest absolute Gasteiger partial charge is 0.494 e. The molecule has 65 heavy (non-hydrogen) atoms. The summed E-state index contributed by atoms with van der Waals surface area (Å²) in [6.07, 6.45) is 69.9. The van der Waals surface area contributed by atoms with E-state index in [9.17, 15) is 0 Å². The Morgan fingerprint density at radius 2 is 1.48 bits per heavy atom. The first-order valence-electron chi connectivity index (χ1n) is 27.3. The maximum absolute atomic E-state index is 7.80. The lowest BCUT2D eigenvalue weighted by Gasteiger charge is -2.63. The molecule has 2 saturated carbocycles. The summed E-state index contributed by atoms with van der Waals surface area (Å²) in [6, 6.07) is 0.219. The predicted octanol–water partition coefficient (Wildman–Crippen LogP) is 15.7. The maximum atomic E-state index is 7.80. The number of hydrogen-bond donors (Lipinski definition) is 0. The molecule has 0 aromatic heterocycles. The second kappa shape index (κ2) is 18.1. The van der Waals surface area contributed by atoms with Crippen LogP contribution in [0.15, 0.2) is 147 Å². The Bertz CT molecular complexity index is 2290. The quantitative estimate of drug-likeness (QED) is 0.239. The fraction of sp³-hybridized carbons (Fsp3) is 0.597. The van der Waals surface area contributed by atoms with Crippen molar-refractivity contribution in [3.63, 3.8) is 0 Å². The second-order valence-electron chi connectivity index (χ2n) is 22.5. The Morgan fingerprint density at radius 1 is 0.646 bits per heavy atom. The normalized spacial score (nSPS) is 41.2. The molecule has 342 valence electrons. The topological polar surface area (TPSA) is 30.8 Å². The number of allylic oxidation sites excluding steroid dienone is 22. The standard InChI is InChI=1S/C62H77NO2/c1-42-22-14-15-31-48(42)43-40-55(49-32-20-36-53-59(49)64-57-38-18-16-34-51(57)61(53,44-23-6-2-7-24-44)45-25-8-3-9-26-45)63-56(41-43)50-33-21-37-54-60(50)65-58-39-19-17-35-52(58)62(54,46-27-10-4-11-28-46)47-29-12-5-13-30-47/h2,4,6,8,10,12,14,16,22-23,25,27,29-30,34,41,45,49-53,55,57-59H,3,5,7,9,11,13,15,17-21,24,26,28,31-33,35-40H2,1H3. The van der Waals surface area contributed by atoms with Crippen LogP contribution in [-0.2, 0) is 9.47 Å². The molecular weight excluding hydrogens is 791 g/mol. The number of rotatable bonds is 7. The zero-order chi connectivity index (χ0) is 43.4. The van der Waals surface area contributed by atoms with Crippen LogP contribution in [0.3, 0.4) is 0 Å². The lowest BCUT2D eigenvalue weighted by molar-refractivity contribution is -0.212. The van der Waals surface area contributed by atoms with Crippen molar-refractivity contribution in [2.45, 2.75) is 185 Å². The Morgan fingerprint density at radius 3 is 2.29 bits per heavy atom. The maximum Gasteiger partial charge on any atom is 0.106 e. The summed E-state index contributed by atoms with van der Waals surface area (Å²) >= 11 is 0. The van der Waals surface area contributed by atoms with Gasteiger partial charge in [-0.1, -0.05) is 115 Å². The molecule has 0 aromatic rings. The van der Waals surface area contributed by atoms with E-state index in [0.717, 1.165) is 70.6 Å². The Labute approximate surface area is 392 Å². The van der Waals surface area contributed by atoms with Gasteiger partial charge in [-0.2, -0.15) is 0 Å². The molecule has 12 unspecified atom stereocenters. The van der Waals surface area contributed by atoms with Crippen molar-refractivity contribution in [1.29, 1.82) is 0 Å². The van der Waals surface area contributed by atoms with E-state index < -0.39 is 0 Å². The molecular formula is C62H77NO2. The average molecular weight is 868 g/mol. The smallest absolute Gasteiger partial charge is 0.106 e. The highest BCUT2D eigenvalue weighted by atomic mass is 16.5. The lowest BCUT2D eigenvalue weighted by Crippen LogP contribution is -2.62. The number of dihydropyridines is 1. The van der Waals surface area contributed by atoms with E-state index in [1.54, 1.807) is 33.4 Å². The number of ether oxygens (including phenoxy) is 2. The molecule has 3 nitrogen and oxygen atoms in total. The molecule has 0 spiro atoms. The minimum Gasteiger partial charge on any atom is -0.494 e. The molecule has 0 aromatic carbocycles. The van der Waals surface area contributed by atoms with Gasteiger partial charge < -0.3 is 9.47 Å². The van der Waals surface area contributed by atoms with Crippen LogP contribution in [0.1, 0.15) is 161 Å². The van der Waals surface area contributed by atoms with E-state index in [0.29, 0.717) is 29.6 Å². The van der Waals surface area contributed by atoms with Crippen LogP contribution in [0.4, 0.5) is 0 Å². The van der Waals surface area contributed by atoms with Gasteiger partial charge in [0.2, 0.25) is 0 Å². The number of fused-ring (bicyclic) bond motifs is 3. The van der Waals surface area contributed by atoms with Crippen molar-refractivity contribution in [3.05, 3.63) is 142 Å². The van der Waals surface area contributed by atoms with Crippen molar-refractivity contribution >= 4 is 5.71 Å². The van der Waals surface area contributed by atoms with Crippen LogP contribution in [0, 0.1) is 46.3 Å². The zero-order valence-corrected chi connectivity index (χ0v) is 39.7. The number of hydrogen-bond acceptors (Lipinski definition) is 3. The van der Waals surface area contributed by atoms with Crippen molar-refractivity contribution in [3.8, 4) is 0 Å². The van der Waals surface area contributed by atoms with E-state index in [2.05, 4.69) is 104 Å². The summed E-state index contributed by atoms with van der Waals surface area (Å²) in [5.41, 5.74) is 12.6. The minimum absolute atomic E-state index is 0.0646. The third kappa shape index (κ3) is 7.15. The van der Waals surface area contributed by atoms with Gasteiger partial charge in [0.15, 0.2) is 0 Å². The van der Waals surface area contributed by atoms with Crippen molar-refractivity contribution in [2.75, 3.05) is 0 Å². The van der Waals surface area contributed by atoms with Crippen LogP contribution >= 0.6 is 0 Å². The summed E-state index contributed by atoms with van der Waals surface area (Å²) < 4.78 is 15.5. The van der Waals surface area contributed by atoms with Gasteiger partial charge in [0.1, 0.15) is 11.9 Å². The van der Waals surface area contributed by atoms with E-state index in [4.69, 9.17) is 14.5 Å². The average Bonchev–Trinajstić information content (AvgIpc) is 3.38. The van der Waals surface area contributed by atoms with Crippen LogP contribution in [0.25, 0.3) is 0 Å². The highest BCUT2D eigenvalue weighted by Crippen LogP contribution is 2.66. The molecule has 0 amide bonds. The van der Waals surface area contributed by atoms with Gasteiger partial charge in [-0.05, 0) is 194 Å². The Hall–Kier alpha value is -3.69. The molecule has 3 heterocycles. The number of nitrogens with zero attached hydrogens (tertiary/aromatic N) is 1. The zero-order valence-electron chi connectivity index (χ0n) is 39.7. The minimum atomic E-state index is -0.0646. The number of aliphatic imine (C=N–C) groups is 1. The lowest BCUT2D eigenvalue weighted by atomic mass is 9.46. The molecule has 0 N–H and O–H groups in total. The van der Waals surface area contributed by atoms with Gasteiger partial charge in [0.25, 0.3) is 0 Å². The van der Waals surface area contributed by atoms with E-state index >= 15 is 0 Å². The molecule has 12 rings (SSSR count). The van der Waals surface area contributed by atoms with Gasteiger partial charge >= 0.3 is 0 Å². The van der Waals surface area contributed by atoms with Crippen LogP contribution < -0.4 is 0 Å². The van der Waals surface area contributed by atoms with E-state index in [1.165, 1.54) is 101 Å². The first-order chi connectivity index (χ1) is 32.2. The SMILES string of the molecule is CC1=C(C2=CC(C3CCCC4=C3OC3CCCCC3C4(C3=CCCC=C3)C3=CC=CCC3)=NC(C3CCCC4C3OC3CCC=CC3C4(C3=CC=CCC3)C3C=CCCC3)C2)CCC=C1. The highest BCUT2D eigenvalue weighted by molar-refractivity contribution is 6.00. The molecule has 12 aliphatic rings. The van der Waals surface area contributed by atoms with Crippen LogP contribution in [-0.4, -0.2) is 30.1 Å². The highest BCUT2D eigenvalue weighted by Gasteiger charge is 2.63. The van der Waals surface area contributed by atoms with Gasteiger partial charge in [0, 0.05) is 34.3 Å². The summed E-state index contributed by atoms with van der Waals surface area (Å²) in [5, 5.41) is 0. The van der Waals surface area contributed by atoms with Crippen molar-refractivity contribution in [1.82, 2.24) is 0 Å². The van der Waals surface area contributed by atoms with Gasteiger partial charge in [-0.25, -0.2) is 0 Å². The molecule has 1 saturated heterocycles. The van der Waals surface area contributed by atoms with Gasteiger partial charge in [-0.15, -0.1) is 0 Å². The summed E-state index contributed by atoms with van der Waals surface area (Å²) in [7, 11) is 0. The molecule has 12 atom stereocenters. The molecule has 3 aliphatic heterocycles. The molecule has 3 heteroatoms. The molecule has 3 fully saturated rings. The second-order valence-corrected chi connectivity index (χ2v) is 22.5. The van der Waals surface area contributed by atoms with Crippen molar-refractivity contribution < 1.29 is 9.47 Å². The fourth-order valence-electron chi connectivity index (χ4n) is 16.9.